The van der Waals surface area contributed by atoms with Gasteiger partial charge in [-0.25, -0.2) is 17.5 Å². The fourth-order valence-corrected chi connectivity index (χ4v) is 3.50. The Balaban J connectivity index is 1.99. The molecule has 0 saturated carbocycles. The normalized spacial score (nSPS) is 11.5. The number of aromatic nitrogens is 4. The number of hydrogen-bond donors (Lipinski definition) is 1. The summed E-state index contributed by atoms with van der Waals surface area (Å²) in [5.41, 5.74) is 1.60. The minimum atomic E-state index is -3.92. The third kappa shape index (κ3) is 3.08. The number of nitrogens with one attached hydrogen (secondary N) is 1. The van der Waals surface area contributed by atoms with Gasteiger partial charge >= 0.3 is 0 Å². The molecule has 3 rings (SSSR count). The molecule has 0 aliphatic carbocycles. The van der Waals surface area contributed by atoms with Crippen molar-refractivity contribution in [3.63, 3.8) is 0 Å². The highest BCUT2D eigenvalue weighted by Gasteiger charge is 2.18. The van der Waals surface area contributed by atoms with Gasteiger partial charge < -0.3 is 0 Å². The van der Waals surface area contributed by atoms with Crippen LogP contribution in [0.3, 0.4) is 0 Å². The molecular weight excluding hydrogens is 357 g/mol. The zero-order valence-corrected chi connectivity index (χ0v) is 13.9. The Bertz CT molecular complexity index is 992. The molecule has 1 aromatic heterocycles. The Hall–Kier alpha value is -2.52. The summed E-state index contributed by atoms with van der Waals surface area (Å²) in [6.07, 6.45) is 1.40. The molecule has 0 aliphatic heterocycles. The van der Waals surface area contributed by atoms with E-state index in [1.54, 1.807) is 25.1 Å². The number of tetrazole rings is 1. The lowest BCUT2D eigenvalue weighted by Crippen LogP contribution is -2.14. The molecular formula is C14H11ClFN5O2S. The van der Waals surface area contributed by atoms with Crippen LogP contribution in [0.15, 0.2) is 47.6 Å². The molecule has 0 atom stereocenters. The number of benzene rings is 2. The van der Waals surface area contributed by atoms with Crippen molar-refractivity contribution in [1.82, 2.24) is 20.2 Å². The van der Waals surface area contributed by atoms with E-state index in [1.165, 1.54) is 11.0 Å². The summed E-state index contributed by atoms with van der Waals surface area (Å²) in [7, 11) is -3.92. The zero-order valence-electron chi connectivity index (χ0n) is 12.3. The van der Waals surface area contributed by atoms with Crippen LogP contribution in [-0.4, -0.2) is 28.6 Å². The van der Waals surface area contributed by atoms with E-state index in [0.717, 1.165) is 18.2 Å². The van der Waals surface area contributed by atoms with Gasteiger partial charge in [-0.1, -0.05) is 17.7 Å². The maximum Gasteiger partial charge on any atom is 0.261 e. The minimum Gasteiger partial charge on any atom is -0.279 e. The number of hydrogen-bond acceptors (Lipinski definition) is 5. The Morgan fingerprint density at radius 1 is 1.25 bits per heavy atom. The van der Waals surface area contributed by atoms with Crippen molar-refractivity contribution < 1.29 is 12.8 Å². The molecule has 0 fully saturated rings. The van der Waals surface area contributed by atoms with Crippen molar-refractivity contribution in [1.29, 1.82) is 0 Å². The molecule has 2 aromatic carbocycles. The summed E-state index contributed by atoms with van der Waals surface area (Å²) < 4.78 is 42.1. The van der Waals surface area contributed by atoms with Crippen molar-refractivity contribution in [2.75, 3.05) is 4.72 Å². The third-order valence-corrected chi connectivity index (χ3v) is 5.00. The van der Waals surface area contributed by atoms with Gasteiger partial charge in [-0.2, -0.15) is 0 Å². The SMILES string of the molecule is Cc1c(NS(=O)(=O)c2ccc(F)c(Cl)c2)cccc1-n1cnnn1. The first-order valence-electron chi connectivity index (χ1n) is 6.69. The van der Waals surface area contributed by atoms with Gasteiger partial charge in [-0.05, 0) is 53.2 Å². The van der Waals surface area contributed by atoms with Gasteiger partial charge in [0.15, 0.2) is 0 Å². The predicted molar refractivity (Wildman–Crippen MR) is 86.1 cm³/mol. The van der Waals surface area contributed by atoms with E-state index in [1.807, 2.05) is 0 Å². The largest absolute Gasteiger partial charge is 0.279 e. The fourth-order valence-electron chi connectivity index (χ4n) is 2.10. The van der Waals surface area contributed by atoms with Gasteiger partial charge in [0.25, 0.3) is 10.0 Å². The molecule has 0 bridgehead atoms. The van der Waals surface area contributed by atoms with Crippen LogP contribution in [0.1, 0.15) is 5.56 Å². The third-order valence-electron chi connectivity index (χ3n) is 3.35. The van der Waals surface area contributed by atoms with Crippen LogP contribution in [0.25, 0.3) is 5.69 Å². The van der Waals surface area contributed by atoms with Crippen molar-refractivity contribution >= 4 is 27.3 Å². The first-order chi connectivity index (χ1) is 11.4. The molecule has 124 valence electrons. The molecule has 3 aromatic rings. The Morgan fingerprint density at radius 3 is 2.71 bits per heavy atom. The van der Waals surface area contributed by atoms with Crippen LogP contribution in [0.5, 0.6) is 0 Å². The van der Waals surface area contributed by atoms with Gasteiger partial charge in [-0.3, -0.25) is 4.72 Å². The molecule has 0 radical (unpaired) electrons. The smallest absolute Gasteiger partial charge is 0.261 e. The topological polar surface area (TPSA) is 89.8 Å². The van der Waals surface area contributed by atoms with Gasteiger partial charge in [0, 0.05) is 0 Å². The summed E-state index contributed by atoms with van der Waals surface area (Å²) in [4.78, 5) is -0.138. The Morgan fingerprint density at radius 2 is 2.04 bits per heavy atom. The van der Waals surface area contributed by atoms with E-state index in [0.29, 0.717) is 16.9 Å². The van der Waals surface area contributed by atoms with Crippen LogP contribution in [0.4, 0.5) is 10.1 Å². The summed E-state index contributed by atoms with van der Waals surface area (Å²) in [5.74, 6) is -0.688. The van der Waals surface area contributed by atoms with E-state index >= 15 is 0 Å². The second-order valence-corrected chi connectivity index (χ2v) is 6.98. The molecule has 24 heavy (non-hydrogen) atoms. The number of halogens is 2. The van der Waals surface area contributed by atoms with Gasteiger partial charge in [0.1, 0.15) is 12.1 Å². The van der Waals surface area contributed by atoms with E-state index in [9.17, 15) is 12.8 Å². The number of rotatable bonds is 4. The monoisotopic (exact) mass is 367 g/mol. The van der Waals surface area contributed by atoms with Crippen LogP contribution >= 0.6 is 11.6 Å². The second kappa shape index (κ2) is 6.17. The Kier molecular flexibility index (Phi) is 4.20. The number of sulfonamides is 1. The van der Waals surface area contributed by atoms with Crippen molar-refractivity contribution in [2.24, 2.45) is 0 Å². The standard InChI is InChI=1S/C14H11ClFN5O2S/c1-9-13(3-2-4-14(9)21-8-17-19-20-21)18-24(22,23)10-5-6-12(16)11(15)7-10/h2-8,18H,1H3. The van der Waals surface area contributed by atoms with Gasteiger partial charge in [0.05, 0.1) is 21.3 Å². The summed E-state index contributed by atoms with van der Waals surface area (Å²) >= 11 is 5.65. The highest BCUT2D eigenvalue weighted by molar-refractivity contribution is 7.92. The lowest BCUT2D eigenvalue weighted by Gasteiger charge is -2.13. The quantitative estimate of drug-likeness (QED) is 0.765. The fraction of sp³-hybridized carbons (Fsp3) is 0.0714. The number of anilines is 1. The van der Waals surface area contributed by atoms with Crippen LogP contribution in [0.2, 0.25) is 5.02 Å². The highest BCUT2D eigenvalue weighted by Crippen LogP contribution is 2.26. The molecule has 1 heterocycles. The summed E-state index contributed by atoms with van der Waals surface area (Å²) in [6.45, 7) is 1.73. The predicted octanol–water partition coefficient (Wildman–Crippen LogP) is 2.56. The Labute approximate surface area is 142 Å². The van der Waals surface area contributed by atoms with Gasteiger partial charge in [0.2, 0.25) is 0 Å². The molecule has 0 saturated heterocycles. The molecule has 0 unspecified atom stereocenters. The first-order valence-corrected chi connectivity index (χ1v) is 8.55. The molecule has 0 amide bonds. The van der Waals surface area contributed by atoms with Crippen LogP contribution in [0, 0.1) is 12.7 Å². The highest BCUT2D eigenvalue weighted by atomic mass is 35.5. The molecule has 0 spiro atoms. The maximum atomic E-state index is 13.2. The zero-order chi connectivity index (χ0) is 17.3. The molecule has 10 heteroatoms. The molecule has 1 N–H and O–H groups in total. The average Bonchev–Trinajstić information content (AvgIpc) is 3.06. The lowest BCUT2D eigenvalue weighted by molar-refractivity contribution is 0.599. The van der Waals surface area contributed by atoms with Gasteiger partial charge in [-0.15, -0.1) is 5.10 Å². The van der Waals surface area contributed by atoms with E-state index < -0.39 is 15.8 Å². The molecule has 7 nitrogen and oxygen atoms in total. The van der Waals surface area contributed by atoms with Crippen molar-refractivity contribution in [2.45, 2.75) is 11.8 Å². The minimum absolute atomic E-state index is 0.138. The van der Waals surface area contributed by atoms with E-state index in [2.05, 4.69) is 20.2 Å². The number of nitrogens with zero attached hydrogens (tertiary/aromatic N) is 4. The molecule has 0 aliphatic rings. The first kappa shape index (κ1) is 16.3. The van der Waals surface area contributed by atoms with Crippen molar-refractivity contribution in [3.8, 4) is 5.69 Å². The van der Waals surface area contributed by atoms with E-state index in [4.69, 9.17) is 11.6 Å². The van der Waals surface area contributed by atoms with Crippen LogP contribution in [-0.2, 0) is 10.0 Å². The second-order valence-electron chi connectivity index (χ2n) is 4.89. The maximum absolute atomic E-state index is 13.2. The van der Waals surface area contributed by atoms with Crippen molar-refractivity contribution in [3.05, 3.63) is 59.1 Å². The van der Waals surface area contributed by atoms with E-state index in [-0.39, 0.29) is 9.92 Å². The van der Waals surface area contributed by atoms with Crippen LogP contribution < -0.4 is 4.72 Å². The summed E-state index contributed by atoms with van der Waals surface area (Å²) in [6, 6.07) is 8.22. The summed E-state index contributed by atoms with van der Waals surface area (Å²) in [5, 5.41) is 10.6. The lowest BCUT2D eigenvalue weighted by atomic mass is 10.1. The average molecular weight is 368 g/mol.